The molecule has 1 aliphatic heterocycles. The molecule has 0 bridgehead atoms. The van der Waals surface area contributed by atoms with Crippen LogP contribution in [0.1, 0.15) is 31.7 Å². The van der Waals surface area contributed by atoms with Crippen LogP contribution in [0.4, 0.5) is 5.69 Å². The molecule has 0 aromatic heterocycles. The summed E-state index contributed by atoms with van der Waals surface area (Å²) >= 11 is 3.29. The van der Waals surface area contributed by atoms with E-state index in [2.05, 4.69) is 33.1 Å². The highest BCUT2D eigenvalue weighted by Gasteiger charge is 2.23. The summed E-state index contributed by atoms with van der Waals surface area (Å²) in [5.41, 5.74) is 1.86. The van der Waals surface area contributed by atoms with E-state index in [9.17, 15) is 13.2 Å². The van der Waals surface area contributed by atoms with Crippen molar-refractivity contribution in [3.8, 4) is 0 Å². The van der Waals surface area contributed by atoms with E-state index in [1.165, 1.54) is 44.0 Å². The molecule has 162 valence electrons. The van der Waals surface area contributed by atoms with Crippen LogP contribution in [0.5, 0.6) is 0 Å². The molecule has 1 heterocycles. The Bertz CT molecular complexity index is 962. The summed E-state index contributed by atoms with van der Waals surface area (Å²) in [5.74, 6) is -0.379. The Morgan fingerprint density at radius 3 is 2.43 bits per heavy atom. The minimum Gasteiger partial charge on any atom is -0.325 e. The average molecular weight is 494 g/mol. The first-order valence-corrected chi connectivity index (χ1v) is 12.3. The molecular weight excluding hydrogens is 466 g/mol. The standard InChI is InChI=1S/C22H28BrN3O3S/c1-17-5-3-4-14-26(17)15-18-6-10-20(11-7-18)24-22(27)16-25(2)30(28,29)21-12-8-19(23)9-13-21/h6-13,17H,3-5,14-16H2,1-2H3,(H,24,27). The first-order valence-electron chi connectivity index (χ1n) is 10.1. The van der Waals surface area contributed by atoms with Gasteiger partial charge >= 0.3 is 0 Å². The number of halogens is 1. The van der Waals surface area contributed by atoms with Crippen LogP contribution in [0.3, 0.4) is 0 Å². The van der Waals surface area contributed by atoms with Gasteiger partial charge in [-0.1, -0.05) is 34.5 Å². The molecule has 0 spiro atoms. The number of hydrogen-bond donors (Lipinski definition) is 1. The summed E-state index contributed by atoms with van der Waals surface area (Å²) < 4.78 is 27.1. The zero-order chi connectivity index (χ0) is 21.7. The second kappa shape index (κ2) is 10.0. The van der Waals surface area contributed by atoms with Gasteiger partial charge in [-0.15, -0.1) is 0 Å². The fourth-order valence-corrected chi connectivity index (χ4v) is 4.99. The van der Waals surface area contributed by atoms with Crippen LogP contribution in [0.15, 0.2) is 57.9 Å². The number of hydrogen-bond acceptors (Lipinski definition) is 4. The van der Waals surface area contributed by atoms with Crippen molar-refractivity contribution in [3.05, 3.63) is 58.6 Å². The highest BCUT2D eigenvalue weighted by Crippen LogP contribution is 2.21. The van der Waals surface area contributed by atoms with Gasteiger partial charge in [0.05, 0.1) is 11.4 Å². The Hall–Kier alpha value is -1.74. The first kappa shape index (κ1) is 22.9. The third-order valence-corrected chi connectivity index (χ3v) is 7.80. The van der Waals surface area contributed by atoms with Crippen molar-refractivity contribution in [2.45, 2.75) is 43.7 Å². The molecule has 0 aliphatic carbocycles. The summed E-state index contributed by atoms with van der Waals surface area (Å²) in [6, 6.07) is 14.7. The van der Waals surface area contributed by atoms with Crippen LogP contribution < -0.4 is 5.32 Å². The molecule has 8 heteroatoms. The maximum absolute atomic E-state index is 12.6. The molecule has 2 aromatic rings. The van der Waals surface area contributed by atoms with E-state index in [0.29, 0.717) is 11.7 Å². The molecule has 3 rings (SSSR count). The number of carbonyl (C=O) groups excluding carboxylic acids is 1. The molecule has 1 aliphatic rings. The molecule has 1 unspecified atom stereocenters. The SMILES string of the molecule is CC1CCCCN1Cc1ccc(NC(=O)CN(C)S(=O)(=O)c2ccc(Br)cc2)cc1. The van der Waals surface area contributed by atoms with Crippen LogP contribution in [-0.2, 0) is 21.4 Å². The van der Waals surface area contributed by atoms with Crippen molar-refractivity contribution in [3.63, 3.8) is 0 Å². The molecule has 1 atom stereocenters. The quantitative estimate of drug-likeness (QED) is 0.630. The number of likely N-dealkylation sites (tertiary alicyclic amines) is 1. The van der Waals surface area contributed by atoms with E-state index >= 15 is 0 Å². The Labute approximate surface area is 187 Å². The van der Waals surface area contributed by atoms with Crippen LogP contribution in [0.2, 0.25) is 0 Å². The number of nitrogens with zero attached hydrogens (tertiary/aromatic N) is 2. The topological polar surface area (TPSA) is 69.7 Å². The number of nitrogens with one attached hydrogen (secondary N) is 1. The molecule has 1 N–H and O–H groups in total. The molecule has 2 aromatic carbocycles. The number of piperidine rings is 1. The van der Waals surface area contributed by atoms with Gasteiger partial charge in [-0.3, -0.25) is 9.69 Å². The van der Waals surface area contributed by atoms with E-state index < -0.39 is 10.0 Å². The third kappa shape index (κ3) is 5.91. The predicted molar refractivity (Wildman–Crippen MR) is 123 cm³/mol. The van der Waals surface area contributed by atoms with Gasteiger partial charge in [0.25, 0.3) is 0 Å². The van der Waals surface area contributed by atoms with Crippen molar-refractivity contribution >= 4 is 37.5 Å². The van der Waals surface area contributed by atoms with Crippen LogP contribution in [0.25, 0.3) is 0 Å². The number of anilines is 1. The van der Waals surface area contributed by atoms with E-state index in [0.717, 1.165) is 21.9 Å². The predicted octanol–water partition coefficient (Wildman–Crippen LogP) is 4.08. The number of rotatable bonds is 7. The third-order valence-electron chi connectivity index (χ3n) is 5.45. The second-order valence-corrected chi connectivity index (χ2v) is 10.7. The smallest absolute Gasteiger partial charge is 0.243 e. The minimum absolute atomic E-state index is 0.150. The zero-order valence-corrected chi connectivity index (χ0v) is 19.7. The summed E-state index contributed by atoms with van der Waals surface area (Å²) in [5, 5.41) is 2.78. The van der Waals surface area contributed by atoms with Crippen LogP contribution >= 0.6 is 15.9 Å². The number of sulfonamides is 1. The van der Waals surface area contributed by atoms with Crippen LogP contribution in [-0.4, -0.2) is 49.7 Å². The minimum atomic E-state index is -3.73. The van der Waals surface area contributed by atoms with Crippen molar-refractivity contribution in [2.24, 2.45) is 0 Å². The van der Waals surface area contributed by atoms with Gasteiger partial charge in [-0.05, 0) is 68.3 Å². The monoisotopic (exact) mass is 493 g/mol. The number of carbonyl (C=O) groups is 1. The molecule has 0 radical (unpaired) electrons. The molecule has 6 nitrogen and oxygen atoms in total. The Balaban J connectivity index is 1.55. The first-order chi connectivity index (χ1) is 14.3. The molecule has 1 amide bonds. The van der Waals surface area contributed by atoms with Gasteiger partial charge in [0.15, 0.2) is 0 Å². The molecule has 1 fully saturated rings. The Morgan fingerprint density at radius 2 is 1.80 bits per heavy atom. The highest BCUT2D eigenvalue weighted by molar-refractivity contribution is 9.10. The van der Waals surface area contributed by atoms with Gasteiger partial charge in [-0.2, -0.15) is 4.31 Å². The van der Waals surface area contributed by atoms with E-state index in [1.54, 1.807) is 12.1 Å². The lowest BCUT2D eigenvalue weighted by atomic mass is 10.0. The Morgan fingerprint density at radius 1 is 1.13 bits per heavy atom. The van der Waals surface area contributed by atoms with Gasteiger partial charge in [0, 0.05) is 29.8 Å². The van der Waals surface area contributed by atoms with E-state index in [4.69, 9.17) is 0 Å². The lowest BCUT2D eigenvalue weighted by molar-refractivity contribution is -0.116. The maximum Gasteiger partial charge on any atom is 0.243 e. The average Bonchev–Trinajstić information content (AvgIpc) is 2.71. The highest BCUT2D eigenvalue weighted by atomic mass is 79.9. The number of benzene rings is 2. The van der Waals surface area contributed by atoms with Crippen molar-refractivity contribution in [1.82, 2.24) is 9.21 Å². The lowest BCUT2D eigenvalue weighted by Crippen LogP contribution is -2.36. The summed E-state index contributed by atoms with van der Waals surface area (Å²) in [4.78, 5) is 15.0. The van der Waals surface area contributed by atoms with Gasteiger partial charge in [0.2, 0.25) is 15.9 Å². The summed E-state index contributed by atoms with van der Waals surface area (Å²) in [7, 11) is -2.32. The molecule has 30 heavy (non-hydrogen) atoms. The van der Waals surface area contributed by atoms with E-state index in [-0.39, 0.29) is 17.3 Å². The molecule has 1 saturated heterocycles. The Kier molecular flexibility index (Phi) is 7.68. The van der Waals surface area contributed by atoms with Gasteiger partial charge in [0.1, 0.15) is 0 Å². The summed E-state index contributed by atoms with van der Waals surface area (Å²) in [6.45, 7) is 4.04. The van der Waals surface area contributed by atoms with Crippen molar-refractivity contribution in [2.75, 3.05) is 25.5 Å². The zero-order valence-electron chi connectivity index (χ0n) is 17.3. The van der Waals surface area contributed by atoms with Crippen molar-refractivity contribution in [1.29, 1.82) is 0 Å². The summed E-state index contributed by atoms with van der Waals surface area (Å²) in [6.07, 6.45) is 3.79. The van der Waals surface area contributed by atoms with E-state index in [1.807, 2.05) is 24.3 Å². The maximum atomic E-state index is 12.6. The fourth-order valence-electron chi connectivity index (χ4n) is 3.59. The van der Waals surface area contributed by atoms with Crippen LogP contribution in [0, 0.1) is 0 Å². The van der Waals surface area contributed by atoms with Gasteiger partial charge in [-0.25, -0.2) is 8.42 Å². The second-order valence-electron chi connectivity index (χ2n) is 7.78. The lowest BCUT2D eigenvalue weighted by Gasteiger charge is -2.33. The van der Waals surface area contributed by atoms with Crippen molar-refractivity contribution < 1.29 is 13.2 Å². The normalized spacial score (nSPS) is 17.8. The molecular formula is C22H28BrN3O3S. The van der Waals surface area contributed by atoms with Gasteiger partial charge < -0.3 is 5.32 Å². The fraction of sp³-hybridized carbons (Fsp3) is 0.409. The number of amides is 1. The number of likely N-dealkylation sites (N-methyl/N-ethyl adjacent to an activating group) is 1. The largest absolute Gasteiger partial charge is 0.325 e. The molecule has 0 saturated carbocycles.